The number of aryl methyl sites for hydroxylation is 1. The molecular weight excluding hydrogens is 352 g/mol. The smallest absolute Gasteiger partial charge is 0.303 e. The molecule has 0 aliphatic carbocycles. The van der Waals surface area contributed by atoms with E-state index in [9.17, 15) is 19.2 Å². The van der Waals surface area contributed by atoms with Gasteiger partial charge in [0.05, 0.1) is 24.0 Å². The van der Waals surface area contributed by atoms with Gasteiger partial charge in [0.25, 0.3) is 0 Å². The molecule has 4 unspecified atom stereocenters. The average Bonchev–Trinajstić information content (AvgIpc) is 3.30. The molecule has 3 amide bonds. The lowest BCUT2D eigenvalue weighted by molar-refractivity contribution is -0.145. The molecular formula is C19H20N2O6. The standard InChI is InChI=1S/C19H20N2O6/c22-14(20-11-3-1-2-10(8-11)4-7-15(23)24)9-21-18(25)16-12-5-6-13(27-12)17(16)19(21)26/h1-3,8,12-13,16-17H,4-7,9H2,(H,20,22)(H,23,24). The number of aliphatic carboxylic acids is 1. The first-order chi connectivity index (χ1) is 12.9. The molecule has 1 aromatic rings. The van der Waals surface area contributed by atoms with Crippen LogP contribution in [0, 0.1) is 11.8 Å². The van der Waals surface area contributed by atoms with Gasteiger partial charge in [-0.25, -0.2) is 0 Å². The Morgan fingerprint density at radius 2 is 1.81 bits per heavy atom. The number of rotatable bonds is 6. The first-order valence-electron chi connectivity index (χ1n) is 9.05. The molecule has 3 fully saturated rings. The van der Waals surface area contributed by atoms with E-state index in [0.717, 1.165) is 23.3 Å². The molecule has 142 valence electrons. The van der Waals surface area contributed by atoms with Gasteiger partial charge in [0, 0.05) is 12.1 Å². The highest BCUT2D eigenvalue weighted by Crippen LogP contribution is 2.48. The molecule has 8 nitrogen and oxygen atoms in total. The third-order valence-corrected chi connectivity index (χ3v) is 5.52. The highest BCUT2D eigenvalue weighted by atomic mass is 16.5. The van der Waals surface area contributed by atoms with Crippen molar-refractivity contribution in [3.63, 3.8) is 0 Å². The van der Waals surface area contributed by atoms with E-state index in [1.165, 1.54) is 0 Å². The third kappa shape index (κ3) is 3.21. The van der Waals surface area contributed by atoms with Gasteiger partial charge in [-0.05, 0) is 37.0 Å². The van der Waals surface area contributed by atoms with Crippen molar-refractivity contribution in [2.45, 2.75) is 37.9 Å². The van der Waals surface area contributed by atoms with Gasteiger partial charge in [-0.2, -0.15) is 0 Å². The van der Waals surface area contributed by atoms with Crippen molar-refractivity contribution in [3.05, 3.63) is 29.8 Å². The van der Waals surface area contributed by atoms with Gasteiger partial charge in [0.2, 0.25) is 17.7 Å². The maximum atomic E-state index is 12.6. The summed E-state index contributed by atoms with van der Waals surface area (Å²) in [5, 5.41) is 11.4. The number of likely N-dealkylation sites (tertiary alicyclic amines) is 1. The third-order valence-electron chi connectivity index (χ3n) is 5.52. The fraction of sp³-hybridized carbons (Fsp3) is 0.474. The van der Waals surface area contributed by atoms with Crippen LogP contribution in [0.25, 0.3) is 0 Å². The number of carbonyl (C=O) groups is 4. The van der Waals surface area contributed by atoms with E-state index < -0.39 is 23.7 Å². The zero-order valence-corrected chi connectivity index (χ0v) is 14.6. The number of amides is 3. The van der Waals surface area contributed by atoms with Crippen molar-refractivity contribution < 1.29 is 29.0 Å². The van der Waals surface area contributed by atoms with Crippen molar-refractivity contribution in [1.29, 1.82) is 0 Å². The van der Waals surface area contributed by atoms with Crippen LogP contribution in [0.5, 0.6) is 0 Å². The van der Waals surface area contributed by atoms with Crippen molar-refractivity contribution in [2.75, 3.05) is 11.9 Å². The van der Waals surface area contributed by atoms with E-state index in [1.54, 1.807) is 24.3 Å². The number of carbonyl (C=O) groups excluding carboxylic acids is 3. The normalized spacial score (nSPS) is 28.5. The van der Waals surface area contributed by atoms with Crippen LogP contribution in [-0.2, 0) is 30.3 Å². The van der Waals surface area contributed by atoms with Gasteiger partial charge in [-0.3, -0.25) is 24.1 Å². The van der Waals surface area contributed by atoms with Gasteiger partial charge < -0.3 is 15.2 Å². The van der Waals surface area contributed by atoms with Gasteiger partial charge in [0.15, 0.2) is 0 Å². The first-order valence-corrected chi connectivity index (χ1v) is 9.05. The lowest BCUT2D eigenvalue weighted by atomic mass is 9.81. The quantitative estimate of drug-likeness (QED) is 0.715. The Kier molecular flexibility index (Phi) is 4.43. The Morgan fingerprint density at radius 3 is 2.44 bits per heavy atom. The maximum absolute atomic E-state index is 12.6. The van der Waals surface area contributed by atoms with Gasteiger partial charge in [0.1, 0.15) is 6.54 Å². The molecule has 0 aromatic heterocycles. The van der Waals surface area contributed by atoms with Crippen LogP contribution in [0.15, 0.2) is 24.3 Å². The van der Waals surface area contributed by atoms with Crippen LogP contribution in [0.1, 0.15) is 24.8 Å². The van der Waals surface area contributed by atoms with E-state index >= 15 is 0 Å². The number of carboxylic acid groups (broad SMARTS) is 1. The monoisotopic (exact) mass is 372 g/mol. The number of carboxylic acids is 1. The molecule has 8 heteroatoms. The minimum absolute atomic E-state index is 0.00135. The van der Waals surface area contributed by atoms with Crippen molar-refractivity contribution in [2.24, 2.45) is 11.8 Å². The van der Waals surface area contributed by atoms with Gasteiger partial charge in [-0.15, -0.1) is 0 Å². The Bertz CT molecular complexity index is 794. The number of hydrogen-bond acceptors (Lipinski definition) is 5. The van der Waals surface area contributed by atoms with E-state index in [0.29, 0.717) is 12.1 Å². The number of fused-ring (bicyclic) bond motifs is 5. The molecule has 3 aliphatic heterocycles. The zero-order valence-electron chi connectivity index (χ0n) is 14.6. The number of imide groups is 1. The molecule has 4 rings (SSSR count). The summed E-state index contributed by atoms with van der Waals surface area (Å²) in [5.41, 5.74) is 1.29. The van der Waals surface area contributed by atoms with Gasteiger partial charge in [-0.1, -0.05) is 12.1 Å². The van der Waals surface area contributed by atoms with Crippen LogP contribution < -0.4 is 5.32 Å². The molecule has 3 saturated heterocycles. The average molecular weight is 372 g/mol. The topological polar surface area (TPSA) is 113 Å². The van der Waals surface area contributed by atoms with Crippen LogP contribution in [0.2, 0.25) is 0 Å². The second-order valence-electron chi connectivity index (χ2n) is 7.25. The summed E-state index contributed by atoms with van der Waals surface area (Å²) in [5.74, 6) is -2.86. The number of nitrogens with zero attached hydrogens (tertiary/aromatic N) is 1. The number of nitrogens with one attached hydrogen (secondary N) is 1. The molecule has 1 aromatic carbocycles. The van der Waals surface area contributed by atoms with E-state index in [4.69, 9.17) is 9.84 Å². The minimum atomic E-state index is -0.890. The first kappa shape index (κ1) is 17.7. The van der Waals surface area contributed by atoms with Crippen LogP contribution in [-0.4, -0.2) is 52.4 Å². The molecule has 3 aliphatic rings. The molecule has 2 N–H and O–H groups in total. The second-order valence-corrected chi connectivity index (χ2v) is 7.25. The minimum Gasteiger partial charge on any atom is -0.481 e. The predicted molar refractivity (Wildman–Crippen MR) is 92.6 cm³/mol. The SMILES string of the molecule is O=C(O)CCc1cccc(NC(=O)CN2C(=O)C3C4CCC(O4)C3C2=O)c1. The molecule has 0 radical (unpaired) electrons. The summed E-state index contributed by atoms with van der Waals surface area (Å²) in [6.07, 6.45) is 1.53. The lowest BCUT2D eigenvalue weighted by Crippen LogP contribution is -2.40. The summed E-state index contributed by atoms with van der Waals surface area (Å²) in [6.45, 7) is -0.316. The van der Waals surface area contributed by atoms with Crippen LogP contribution in [0.3, 0.4) is 0 Å². The summed E-state index contributed by atoms with van der Waals surface area (Å²) >= 11 is 0. The van der Waals surface area contributed by atoms with E-state index in [2.05, 4.69) is 5.32 Å². The number of ether oxygens (including phenoxy) is 1. The molecule has 2 bridgehead atoms. The summed E-state index contributed by atoms with van der Waals surface area (Å²) in [7, 11) is 0. The van der Waals surface area contributed by atoms with Crippen LogP contribution >= 0.6 is 0 Å². The zero-order chi connectivity index (χ0) is 19.1. The predicted octanol–water partition coefficient (Wildman–Crippen LogP) is 0.805. The second kappa shape index (κ2) is 6.77. The molecule has 0 spiro atoms. The number of hydrogen-bond donors (Lipinski definition) is 2. The van der Waals surface area contributed by atoms with Crippen molar-refractivity contribution in [3.8, 4) is 0 Å². The Morgan fingerprint density at radius 1 is 1.15 bits per heavy atom. The fourth-order valence-electron chi connectivity index (χ4n) is 4.33. The summed E-state index contributed by atoms with van der Waals surface area (Å²) in [6, 6.07) is 6.87. The number of anilines is 1. The van der Waals surface area contributed by atoms with Crippen molar-refractivity contribution in [1.82, 2.24) is 4.90 Å². The van der Waals surface area contributed by atoms with Crippen LogP contribution in [0.4, 0.5) is 5.69 Å². The molecule has 4 atom stereocenters. The van der Waals surface area contributed by atoms with Crippen molar-refractivity contribution >= 4 is 29.4 Å². The number of benzene rings is 1. The summed E-state index contributed by atoms with van der Waals surface area (Å²) < 4.78 is 5.67. The maximum Gasteiger partial charge on any atom is 0.303 e. The summed E-state index contributed by atoms with van der Waals surface area (Å²) in [4.78, 5) is 49.2. The largest absolute Gasteiger partial charge is 0.481 e. The van der Waals surface area contributed by atoms with Gasteiger partial charge >= 0.3 is 5.97 Å². The Hall–Kier alpha value is -2.74. The molecule has 0 saturated carbocycles. The Balaban J connectivity index is 1.39. The Labute approximate surface area is 155 Å². The van der Waals surface area contributed by atoms with E-state index in [-0.39, 0.29) is 37.0 Å². The highest BCUT2D eigenvalue weighted by molar-refractivity contribution is 6.09. The molecule has 3 heterocycles. The lowest BCUT2D eigenvalue weighted by Gasteiger charge is -2.17. The fourth-order valence-corrected chi connectivity index (χ4v) is 4.33. The molecule has 27 heavy (non-hydrogen) atoms. The van der Waals surface area contributed by atoms with E-state index in [1.807, 2.05) is 0 Å². The highest BCUT2D eigenvalue weighted by Gasteiger charge is 2.62.